The summed E-state index contributed by atoms with van der Waals surface area (Å²) in [6, 6.07) is 3.79. The van der Waals surface area contributed by atoms with Gasteiger partial charge < -0.3 is 15.0 Å². The molecule has 2 aromatic rings. The average molecular weight is 378 g/mol. The van der Waals surface area contributed by atoms with Crippen LogP contribution >= 0.6 is 22.7 Å². The second-order valence-corrected chi connectivity index (χ2v) is 7.83. The molecule has 0 unspecified atom stereocenters. The molecule has 8 heteroatoms. The molecule has 1 aliphatic rings. The van der Waals surface area contributed by atoms with Crippen LogP contribution in [0, 0.1) is 0 Å². The third-order valence-electron chi connectivity index (χ3n) is 4.06. The van der Waals surface area contributed by atoms with Crippen molar-refractivity contribution in [3.63, 3.8) is 0 Å². The van der Waals surface area contributed by atoms with Crippen LogP contribution in [-0.2, 0) is 33.7 Å². The zero-order chi connectivity index (χ0) is 18.0. The largest absolute Gasteiger partial charge is 0.465 e. The topological polar surface area (TPSA) is 75.7 Å². The maximum Gasteiger partial charge on any atom is 0.341 e. The summed E-state index contributed by atoms with van der Waals surface area (Å²) in [4.78, 5) is 39.8. The number of carbonyl (C=O) groups is 3. The summed E-state index contributed by atoms with van der Waals surface area (Å²) < 4.78 is 4.90. The highest BCUT2D eigenvalue weighted by Gasteiger charge is 2.30. The van der Waals surface area contributed by atoms with E-state index in [4.69, 9.17) is 4.74 Å². The molecule has 1 N–H and O–H groups in total. The molecule has 6 nitrogen and oxygen atoms in total. The molecule has 0 spiro atoms. The second-order valence-electron chi connectivity index (χ2n) is 5.69. The van der Waals surface area contributed by atoms with Crippen molar-refractivity contribution in [3.05, 3.63) is 38.4 Å². The van der Waals surface area contributed by atoms with E-state index in [0.29, 0.717) is 30.1 Å². The van der Waals surface area contributed by atoms with E-state index >= 15 is 0 Å². The molecule has 2 aromatic heterocycles. The lowest BCUT2D eigenvalue weighted by Crippen LogP contribution is -2.33. The summed E-state index contributed by atoms with van der Waals surface area (Å²) >= 11 is 2.86. The first-order chi connectivity index (χ1) is 12.0. The molecule has 3 heterocycles. The number of hydrogen-bond acceptors (Lipinski definition) is 6. The highest BCUT2D eigenvalue weighted by Crippen LogP contribution is 2.37. The fourth-order valence-corrected chi connectivity index (χ4v) is 4.79. The maximum atomic E-state index is 12.3. The van der Waals surface area contributed by atoms with Crippen molar-refractivity contribution in [1.82, 2.24) is 4.90 Å². The monoisotopic (exact) mass is 378 g/mol. The van der Waals surface area contributed by atoms with E-state index < -0.39 is 5.97 Å². The first kappa shape index (κ1) is 17.6. The zero-order valence-electron chi connectivity index (χ0n) is 14.0. The lowest BCUT2D eigenvalue weighted by molar-refractivity contribution is -0.129. The van der Waals surface area contributed by atoms with Crippen molar-refractivity contribution in [1.29, 1.82) is 0 Å². The number of anilines is 1. The van der Waals surface area contributed by atoms with Crippen LogP contribution in [-0.4, -0.2) is 36.3 Å². The highest BCUT2D eigenvalue weighted by atomic mass is 32.1. The molecule has 1 aliphatic heterocycles. The van der Waals surface area contributed by atoms with Gasteiger partial charge in [-0.2, -0.15) is 0 Å². The van der Waals surface area contributed by atoms with E-state index in [9.17, 15) is 14.4 Å². The van der Waals surface area contributed by atoms with Crippen LogP contribution in [0.15, 0.2) is 17.5 Å². The molecule has 0 fully saturated rings. The third kappa shape index (κ3) is 3.74. The molecule has 0 aliphatic carbocycles. The minimum absolute atomic E-state index is 0.00180. The van der Waals surface area contributed by atoms with Crippen molar-refractivity contribution in [3.8, 4) is 0 Å². The lowest BCUT2D eigenvalue weighted by atomic mass is 10.0. The van der Waals surface area contributed by atoms with Gasteiger partial charge in [-0.15, -0.1) is 22.7 Å². The zero-order valence-corrected chi connectivity index (χ0v) is 15.6. The minimum atomic E-state index is -0.458. The molecule has 25 heavy (non-hydrogen) atoms. The number of esters is 1. The number of nitrogens with one attached hydrogen (secondary N) is 1. The van der Waals surface area contributed by atoms with Gasteiger partial charge in [0.2, 0.25) is 11.8 Å². The Balaban J connectivity index is 1.86. The van der Waals surface area contributed by atoms with Gasteiger partial charge in [0.25, 0.3) is 0 Å². The first-order valence-electron chi connectivity index (χ1n) is 7.80. The molecular formula is C17H18N2O4S2. The van der Waals surface area contributed by atoms with Gasteiger partial charge in [0.1, 0.15) is 5.00 Å². The first-order valence-corrected chi connectivity index (χ1v) is 9.49. The van der Waals surface area contributed by atoms with E-state index in [-0.39, 0.29) is 18.2 Å². The van der Waals surface area contributed by atoms with Crippen molar-refractivity contribution < 1.29 is 19.1 Å². The number of nitrogens with zero attached hydrogens (tertiary/aromatic N) is 1. The molecule has 0 radical (unpaired) electrons. The number of amides is 2. The van der Waals surface area contributed by atoms with Gasteiger partial charge in [0.05, 0.1) is 25.6 Å². The Morgan fingerprint density at radius 3 is 2.80 bits per heavy atom. The molecule has 0 aromatic carbocycles. The molecule has 132 valence electrons. The molecule has 0 atom stereocenters. The summed E-state index contributed by atoms with van der Waals surface area (Å²) in [5, 5.41) is 5.27. The molecule has 2 amide bonds. The van der Waals surface area contributed by atoms with Crippen LogP contribution in [0.2, 0.25) is 0 Å². The van der Waals surface area contributed by atoms with Crippen LogP contribution in [0.1, 0.15) is 32.6 Å². The number of carbonyl (C=O) groups excluding carboxylic acids is 3. The van der Waals surface area contributed by atoms with E-state index in [2.05, 4.69) is 5.32 Å². The van der Waals surface area contributed by atoms with Crippen LogP contribution in [0.5, 0.6) is 0 Å². The molecule has 0 bridgehead atoms. The van der Waals surface area contributed by atoms with Gasteiger partial charge in [-0.1, -0.05) is 6.07 Å². The van der Waals surface area contributed by atoms with E-state index in [1.54, 1.807) is 4.90 Å². The quantitative estimate of drug-likeness (QED) is 0.830. The van der Waals surface area contributed by atoms with Crippen molar-refractivity contribution in [2.24, 2.45) is 0 Å². The number of thiophene rings is 2. The second kappa shape index (κ2) is 7.37. The molecular weight excluding hydrogens is 360 g/mol. The molecule has 0 saturated carbocycles. The Bertz CT molecular complexity index is 811. The van der Waals surface area contributed by atoms with Gasteiger partial charge in [-0.25, -0.2) is 4.79 Å². The Morgan fingerprint density at radius 1 is 1.36 bits per heavy atom. The predicted octanol–water partition coefficient (Wildman–Crippen LogP) is 2.68. The van der Waals surface area contributed by atoms with Crippen LogP contribution < -0.4 is 5.32 Å². The summed E-state index contributed by atoms with van der Waals surface area (Å²) in [6.07, 6.45) is 0.844. The number of methoxy groups -OCH3 is 1. The van der Waals surface area contributed by atoms with Gasteiger partial charge >= 0.3 is 5.97 Å². The van der Waals surface area contributed by atoms with E-state index in [1.165, 1.54) is 36.7 Å². The fraction of sp³-hybridized carbons (Fsp3) is 0.353. The number of hydrogen-bond donors (Lipinski definition) is 1. The number of ether oxygens (including phenoxy) is 1. The summed E-state index contributed by atoms with van der Waals surface area (Å²) in [6.45, 7) is 2.55. The van der Waals surface area contributed by atoms with Crippen molar-refractivity contribution in [2.45, 2.75) is 26.3 Å². The Kier molecular flexibility index (Phi) is 5.19. The maximum absolute atomic E-state index is 12.3. The van der Waals surface area contributed by atoms with Gasteiger partial charge in [0, 0.05) is 23.2 Å². The van der Waals surface area contributed by atoms with E-state index in [1.807, 2.05) is 17.5 Å². The molecule has 3 rings (SSSR count). The van der Waals surface area contributed by atoms with Gasteiger partial charge in [-0.3, -0.25) is 9.59 Å². The van der Waals surface area contributed by atoms with Gasteiger partial charge in [0.15, 0.2) is 0 Å². The van der Waals surface area contributed by atoms with Gasteiger partial charge in [-0.05, 0) is 23.4 Å². The summed E-state index contributed by atoms with van der Waals surface area (Å²) in [5.74, 6) is -0.628. The minimum Gasteiger partial charge on any atom is -0.465 e. The van der Waals surface area contributed by atoms with E-state index in [0.717, 1.165) is 15.3 Å². The number of rotatable bonds is 4. The number of fused-ring (bicyclic) bond motifs is 1. The summed E-state index contributed by atoms with van der Waals surface area (Å²) in [5.41, 5.74) is 1.30. The standard InChI is InChI=1S/C17H18N2O4S2/c1-10(20)19-6-5-12-13(9-19)25-16(15(12)17(22)23-2)18-14(21)8-11-4-3-7-24-11/h3-4,7H,5-6,8-9H2,1-2H3,(H,18,21). The summed E-state index contributed by atoms with van der Waals surface area (Å²) in [7, 11) is 1.33. The predicted molar refractivity (Wildman–Crippen MR) is 97.1 cm³/mol. The average Bonchev–Trinajstić information content (AvgIpc) is 3.20. The Morgan fingerprint density at radius 2 is 2.16 bits per heavy atom. The van der Waals surface area contributed by atoms with Crippen LogP contribution in [0.4, 0.5) is 5.00 Å². The van der Waals surface area contributed by atoms with Crippen molar-refractivity contribution >= 4 is 45.5 Å². The Labute approximate surface area is 153 Å². The fourth-order valence-electron chi connectivity index (χ4n) is 2.82. The highest BCUT2D eigenvalue weighted by molar-refractivity contribution is 7.17. The molecule has 0 saturated heterocycles. The Hall–Kier alpha value is -2.19. The normalized spacial score (nSPS) is 13.3. The van der Waals surface area contributed by atoms with Crippen LogP contribution in [0.25, 0.3) is 0 Å². The smallest absolute Gasteiger partial charge is 0.341 e. The lowest BCUT2D eigenvalue weighted by Gasteiger charge is -2.25. The van der Waals surface area contributed by atoms with Crippen LogP contribution in [0.3, 0.4) is 0 Å². The third-order valence-corrected chi connectivity index (χ3v) is 6.07. The van der Waals surface area contributed by atoms with Crippen molar-refractivity contribution in [2.75, 3.05) is 19.0 Å². The SMILES string of the molecule is COC(=O)c1c(NC(=O)Cc2cccs2)sc2c1CCN(C(C)=O)C2.